The number of para-hydroxylation sites is 1. The molecule has 6 heteroatoms. The van der Waals surface area contributed by atoms with Crippen LogP contribution in [0.2, 0.25) is 0 Å². The molecule has 1 aromatic heterocycles. The normalized spacial score (nSPS) is 10.4. The number of rotatable bonds is 3. The van der Waals surface area contributed by atoms with Crippen molar-refractivity contribution >= 4 is 17.5 Å². The fourth-order valence-electron chi connectivity index (χ4n) is 1.93. The number of carboxylic acids is 1. The van der Waals surface area contributed by atoms with Crippen LogP contribution in [0.25, 0.3) is 0 Å². The van der Waals surface area contributed by atoms with E-state index in [0.29, 0.717) is 11.3 Å². The van der Waals surface area contributed by atoms with Crippen molar-refractivity contribution in [3.63, 3.8) is 0 Å². The van der Waals surface area contributed by atoms with Gasteiger partial charge >= 0.3 is 5.97 Å². The van der Waals surface area contributed by atoms with E-state index in [4.69, 9.17) is 0 Å². The minimum Gasteiger partial charge on any atom is -0.478 e. The van der Waals surface area contributed by atoms with Crippen LogP contribution in [0.4, 0.5) is 20.3 Å². The SMILES string of the molecule is Cc1cc(C)c(C(=O)O)c(Nc2c(F)cccc2F)n1. The third-order valence-electron chi connectivity index (χ3n) is 2.76. The summed E-state index contributed by atoms with van der Waals surface area (Å²) in [5.41, 5.74) is 0.474. The lowest BCUT2D eigenvalue weighted by Crippen LogP contribution is -2.10. The number of carbonyl (C=O) groups is 1. The number of halogens is 2. The molecule has 0 unspecified atom stereocenters. The Hall–Kier alpha value is -2.50. The van der Waals surface area contributed by atoms with Crippen molar-refractivity contribution in [2.45, 2.75) is 13.8 Å². The summed E-state index contributed by atoms with van der Waals surface area (Å²) < 4.78 is 27.2. The lowest BCUT2D eigenvalue weighted by atomic mass is 10.1. The standard InChI is InChI=1S/C14H12F2N2O2/c1-7-6-8(2)17-13(11(7)14(19)20)18-12-9(15)4-3-5-10(12)16/h3-6H,1-2H3,(H,17,18)(H,19,20). The van der Waals surface area contributed by atoms with E-state index in [1.165, 1.54) is 6.07 Å². The highest BCUT2D eigenvalue weighted by Gasteiger charge is 2.18. The summed E-state index contributed by atoms with van der Waals surface area (Å²) in [6, 6.07) is 4.97. The minimum absolute atomic E-state index is 0.0843. The number of aromatic nitrogens is 1. The van der Waals surface area contributed by atoms with Gasteiger partial charge < -0.3 is 10.4 Å². The highest BCUT2D eigenvalue weighted by Crippen LogP contribution is 2.26. The molecule has 2 N–H and O–H groups in total. The first-order valence-electron chi connectivity index (χ1n) is 5.82. The Morgan fingerprint density at radius 2 is 1.85 bits per heavy atom. The molecular formula is C14H12F2N2O2. The molecule has 0 radical (unpaired) electrons. The second-order valence-corrected chi connectivity index (χ2v) is 4.33. The fourth-order valence-corrected chi connectivity index (χ4v) is 1.93. The van der Waals surface area contributed by atoms with Gasteiger partial charge in [0.05, 0.1) is 0 Å². The highest BCUT2D eigenvalue weighted by molar-refractivity contribution is 5.95. The second kappa shape index (κ2) is 5.24. The van der Waals surface area contributed by atoms with Crippen LogP contribution in [0.1, 0.15) is 21.6 Å². The largest absolute Gasteiger partial charge is 0.478 e. The average molecular weight is 278 g/mol. The topological polar surface area (TPSA) is 62.2 Å². The number of anilines is 2. The smallest absolute Gasteiger partial charge is 0.339 e. The van der Waals surface area contributed by atoms with E-state index in [-0.39, 0.29) is 11.4 Å². The average Bonchev–Trinajstić information content (AvgIpc) is 2.32. The zero-order valence-electron chi connectivity index (χ0n) is 10.9. The molecule has 0 aliphatic rings. The van der Waals surface area contributed by atoms with Gasteiger partial charge in [0.25, 0.3) is 0 Å². The Balaban J connectivity index is 2.56. The molecule has 20 heavy (non-hydrogen) atoms. The summed E-state index contributed by atoms with van der Waals surface area (Å²) in [6.07, 6.45) is 0. The van der Waals surface area contributed by atoms with E-state index in [2.05, 4.69) is 10.3 Å². The summed E-state index contributed by atoms with van der Waals surface area (Å²) in [5, 5.41) is 11.6. The van der Waals surface area contributed by atoms with Crippen molar-refractivity contribution in [2.75, 3.05) is 5.32 Å². The molecule has 0 aliphatic carbocycles. The van der Waals surface area contributed by atoms with Crippen LogP contribution in [0.3, 0.4) is 0 Å². The molecule has 104 valence electrons. The van der Waals surface area contributed by atoms with Gasteiger partial charge in [0, 0.05) is 5.69 Å². The van der Waals surface area contributed by atoms with Gasteiger partial charge in [-0.3, -0.25) is 0 Å². The minimum atomic E-state index is -1.21. The van der Waals surface area contributed by atoms with E-state index in [9.17, 15) is 18.7 Å². The molecule has 2 aromatic rings. The van der Waals surface area contributed by atoms with E-state index < -0.39 is 23.3 Å². The summed E-state index contributed by atoms with van der Waals surface area (Å²) in [7, 11) is 0. The quantitative estimate of drug-likeness (QED) is 0.903. The van der Waals surface area contributed by atoms with Crippen molar-refractivity contribution < 1.29 is 18.7 Å². The molecule has 0 aliphatic heterocycles. The molecule has 0 atom stereocenters. The molecule has 1 heterocycles. The Morgan fingerprint density at radius 3 is 2.40 bits per heavy atom. The molecule has 0 saturated heterocycles. The van der Waals surface area contributed by atoms with Crippen LogP contribution < -0.4 is 5.32 Å². The zero-order chi connectivity index (χ0) is 14.9. The van der Waals surface area contributed by atoms with E-state index in [1.54, 1.807) is 19.9 Å². The number of pyridine rings is 1. The van der Waals surface area contributed by atoms with Gasteiger partial charge in [-0.05, 0) is 37.6 Å². The lowest BCUT2D eigenvalue weighted by molar-refractivity contribution is 0.0697. The predicted molar refractivity (Wildman–Crippen MR) is 70.3 cm³/mol. The Bertz CT molecular complexity index is 667. The number of aromatic carboxylic acids is 1. The molecular weight excluding hydrogens is 266 g/mol. The fraction of sp³-hybridized carbons (Fsp3) is 0.143. The molecule has 2 rings (SSSR count). The van der Waals surface area contributed by atoms with Gasteiger partial charge in [-0.1, -0.05) is 6.07 Å². The van der Waals surface area contributed by atoms with Crippen LogP contribution in [-0.4, -0.2) is 16.1 Å². The van der Waals surface area contributed by atoms with Crippen LogP contribution in [-0.2, 0) is 0 Å². The molecule has 0 saturated carbocycles. The van der Waals surface area contributed by atoms with Crippen molar-refractivity contribution in [1.82, 2.24) is 4.98 Å². The number of benzene rings is 1. The first-order valence-corrected chi connectivity index (χ1v) is 5.82. The number of hydrogen-bond donors (Lipinski definition) is 2. The monoisotopic (exact) mass is 278 g/mol. The molecule has 0 amide bonds. The van der Waals surface area contributed by atoms with Gasteiger partial charge in [-0.2, -0.15) is 0 Å². The van der Waals surface area contributed by atoms with Crippen molar-refractivity contribution in [3.05, 3.63) is 52.7 Å². The van der Waals surface area contributed by atoms with Crippen molar-refractivity contribution in [1.29, 1.82) is 0 Å². The third kappa shape index (κ3) is 2.59. The molecule has 1 aromatic carbocycles. The maximum atomic E-state index is 13.6. The molecule has 0 spiro atoms. The number of nitrogens with zero attached hydrogens (tertiary/aromatic N) is 1. The Morgan fingerprint density at radius 1 is 1.25 bits per heavy atom. The number of hydrogen-bond acceptors (Lipinski definition) is 3. The molecule has 4 nitrogen and oxygen atoms in total. The van der Waals surface area contributed by atoms with Crippen LogP contribution in [0.15, 0.2) is 24.3 Å². The first kappa shape index (κ1) is 13.9. The Labute approximate surface area is 114 Å². The van der Waals surface area contributed by atoms with Gasteiger partial charge in [-0.25, -0.2) is 18.6 Å². The summed E-state index contributed by atoms with van der Waals surface area (Å²) in [6.45, 7) is 3.27. The highest BCUT2D eigenvalue weighted by atomic mass is 19.1. The third-order valence-corrected chi connectivity index (χ3v) is 2.76. The summed E-state index contributed by atoms with van der Waals surface area (Å²) in [5.74, 6) is -2.93. The summed E-state index contributed by atoms with van der Waals surface area (Å²) in [4.78, 5) is 15.3. The number of aryl methyl sites for hydroxylation is 2. The Kier molecular flexibility index (Phi) is 3.65. The van der Waals surface area contributed by atoms with Gasteiger partial charge in [0.1, 0.15) is 28.7 Å². The van der Waals surface area contributed by atoms with E-state index >= 15 is 0 Å². The van der Waals surface area contributed by atoms with Crippen LogP contribution >= 0.6 is 0 Å². The lowest BCUT2D eigenvalue weighted by Gasteiger charge is -2.13. The van der Waals surface area contributed by atoms with Gasteiger partial charge in [0.2, 0.25) is 0 Å². The maximum Gasteiger partial charge on any atom is 0.339 e. The number of carboxylic acid groups (broad SMARTS) is 1. The first-order chi connectivity index (χ1) is 9.40. The maximum absolute atomic E-state index is 13.6. The van der Waals surface area contributed by atoms with Gasteiger partial charge in [-0.15, -0.1) is 0 Å². The van der Waals surface area contributed by atoms with Crippen molar-refractivity contribution in [3.8, 4) is 0 Å². The number of nitrogens with one attached hydrogen (secondary N) is 1. The predicted octanol–water partition coefficient (Wildman–Crippen LogP) is 3.42. The van der Waals surface area contributed by atoms with E-state index in [0.717, 1.165) is 12.1 Å². The molecule has 0 fully saturated rings. The van der Waals surface area contributed by atoms with Gasteiger partial charge in [0.15, 0.2) is 0 Å². The molecule has 0 bridgehead atoms. The summed E-state index contributed by atoms with van der Waals surface area (Å²) >= 11 is 0. The van der Waals surface area contributed by atoms with Crippen LogP contribution in [0, 0.1) is 25.5 Å². The zero-order valence-corrected chi connectivity index (χ0v) is 10.9. The second-order valence-electron chi connectivity index (χ2n) is 4.33. The van der Waals surface area contributed by atoms with Crippen molar-refractivity contribution in [2.24, 2.45) is 0 Å². The van der Waals surface area contributed by atoms with Crippen LogP contribution in [0.5, 0.6) is 0 Å². The van der Waals surface area contributed by atoms with E-state index in [1.807, 2.05) is 0 Å².